The number of nitrogens with one attached hydrogen (secondary N) is 2. The van der Waals surface area contributed by atoms with E-state index < -0.39 is 0 Å². The van der Waals surface area contributed by atoms with Gasteiger partial charge in [-0.05, 0) is 31.5 Å². The molecule has 0 aliphatic heterocycles. The smallest absolute Gasteiger partial charge is 0.222 e. The lowest BCUT2D eigenvalue weighted by atomic mass is 10.2. The van der Waals surface area contributed by atoms with E-state index in [1.807, 2.05) is 16.3 Å². The van der Waals surface area contributed by atoms with E-state index in [2.05, 4.69) is 22.3 Å². The summed E-state index contributed by atoms with van der Waals surface area (Å²) in [5.74, 6) is 0.102. The van der Waals surface area contributed by atoms with Crippen LogP contribution in [-0.2, 0) is 24.8 Å². The first-order valence-electron chi connectivity index (χ1n) is 7.54. The number of carbonyl (C=O) groups excluding carboxylic acids is 1. The molecule has 1 saturated carbocycles. The lowest BCUT2D eigenvalue weighted by Gasteiger charge is -2.05. The molecule has 2 aromatic heterocycles. The first-order valence-corrected chi connectivity index (χ1v) is 7.94. The van der Waals surface area contributed by atoms with Crippen LogP contribution < -0.4 is 5.32 Å². The number of imidazole rings is 1. The summed E-state index contributed by atoms with van der Waals surface area (Å²) in [6.07, 6.45) is 4.64. The average molecular weight is 307 g/mol. The summed E-state index contributed by atoms with van der Waals surface area (Å²) in [7, 11) is 1.92. The Hall–Kier alpha value is -1.63. The second-order valence-corrected chi connectivity index (χ2v) is 6.08. The predicted octanol–water partition coefficient (Wildman–Crippen LogP) is 2.05. The van der Waals surface area contributed by atoms with Gasteiger partial charge >= 0.3 is 0 Å². The lowest BCUT2D eigenvalue weighted by Crippen LogP contribution is -2.26. The SMILES string of the molecule is CCCc1nn(C)c2c1[nH]c(=S)n2CCC(=O)NC1CC1. The fourth-order valence-electron chi connectivity index (χ4n) is 2.64. The highest BCUT2D eigenvalue weighted by molar-refractivity contribution is 7.71. The van der Waals surface area contributed by atoms with Gasteiger partial charge in [0.05, 0.1) is 5.69 Å². The van der Waals surface area contributed by atoms with Crippen molar-refractivity contribution in [1.82, 2.24) is 24.6 Å². The molecule has 0 atom stereocenters. The van der Waals surface area contributed by atoms with Crippen LogP contribution in [0, 0.1) is 4.77 Å². The molecule has 1 amide bonds. The van der Waals surface area contributed by atoms with Gasteiger partial charge in [-0.25, -0.2) is 0 Å². The first kappa shape index (κ1) is 14.3. The topological polar surface area (TPSA) is 67.6 Å². The van der Waals surface area contributed by atoms with E-state index in [-0.39, 0.29) is 5.91 Å². The van der Waals surface area contributed by atoms with E-state index in [4.69, 9.17) is 12.2 Å². The molecule has 0 bridgehead atoms. The fraction of sp³-hybridized carbons (Fsp3) is 0.643. The highest BCUT2D eigenvalue weighted by Crippen LogP contribution is 2.20. The normalized spacial score (nSPS) is 14.8. The molecule has 3 rings (SSSR count). The van der Waals surface area contributed by atoms with Crippen LogP contribution in [0.2, 0.25) is 0 Å². The molecule has 1 aliphatic carbocycles. The van der Waals surface area contributed by atoms with Gasteiger partial charge in [-0.1, -0.05) is 13.3 Å². The van der Waals surface area contributed by atoms with Crippen molar-refractivity contribution in [3.05, 3.63) is 10.5 Å². The molecule has 7 heteroatoms. The van der Waals surface area contributed by atoms with Gasteiger partial charge < -0.3 is 14.9 Å². The van der Waals surface area contributed by atoms with Crippen molar-refractivity contribution in [2.75, 3.05) is 0 Å². The summed E-state index contributed by atoms with van der Waals surface area (Å²) in [5.41, 5.74) is 3.02. The third kappa shape index (κ3) is 2.88. The molecule has 2 heterocycles. The monoisotopic (exact) mass is 307 g/mol. The lowest BCUT2D eigenvalue weighted by molar-refractivity contribution is -0.121. The minimum atomic E-state index is 0.102. The molecule has 2 aromatic rings. The second kappa shape index (κ2) is 5.63. The zero-order chi connectivity index (χ0) is 15.0. The molecule has 0 aromatic carbocycles. The number of aromatic nitrogens is 4. The highest BCUT2D eigenvalue weighted by atomic mass is 32.1. The molecule has 1 aliphatic rings. The maximum absolute atomic E-state index is 11.8. The van der Waals surface area contributed by atoms with Crippen LogP contribution in [0.5, 0.6) is 0 Å². The summed E-state index contributed by atoms with van der Waals surface area (Å²) in [4.78, 5) is 15.1. The van der Waals surface area contributed by atoms with Crippen molar-refractivity contribution in [1.29, 1.82) is 0 Å². The van der Waals surface area contributed by atoms with Gasteiger partial charge in [0, 0.05) is 26.1 Å². The Kier molecular flexibility index (Phi) is 3.84. The Balaban J connectivity index is 1.82. The molecular formula is C14H21N5OS. The summed E-state index contributed by atoms with van der Waals surface area (Å²) in [6, 6.07) is 0.407. The molecule has 21 heavy (non-hydrogen) atoms. The Morgan fingerprint density at radius 2 is 2.29 bits per heavy atom. The van der Waals surface area contributed by atoms with Gasteiger partial charge in [-0.3, -0.25) is 9.48 Å². The molecular weight excluding hydrogens is 286 g/mol. The number of fused-ring (bicyclic) bond motifs is 1. The Morgan fingerprint density at radius 3 is 2.95 bits per heavy atom. The highest BCUT2D eigenvalue weighted by Gasteiger charge is 2.23. The van der Waals surface area contributed by atoms with Gasteiger partial charge in [0.2, 0.25) is 5.91 Å². The van der Waals surface area contributed by atoms with Crippen LogP contribution in [0.1, 0.15) is 38.3 Å². The summed E-state index contributed by atoms with van der Waals surface area (Å²) < 4.78 is 4.49. The molecule has 0 unspecified atom stereocenters. The van der Waals surface area contributed by atoms with Crippen molar-refractivity contribution in [2.45, 2.75) is 51.6 Å². The molecule has 6 nitrogen and oxygen atoms in total. The molecule has 114 valence electrons. The van der Waals surface area contributed by atoms with E-state index in [0.717, 1.165) is 42.5 Å². The van der Waals surface area contributed by atoms with Crippen LogP contribution in [0.25, 0.3) is 11.2 Å². The molecule has 0 saturated heterocycles. The molecule has 1 fully saturated rings. The quantitative estimate of drug-likeness (QED) is 0.803. The van der Waals surface area contributed by atoms with E-state index in [1.165, 1.54) is 0 Å². The number of amides is 1. The van der Waals surface area contributed by atoms with Crippen molar-refractivity contribution >= 4 is 29.3 Å². The number of H-pyrrole nitrogens is 1. The number of aromatic amines is 1. The maximum Gasteiger partial charge on any atom is 0.222 e. The summed E-state index contributed by atoms with van der Waals surface area (Å²) in [5, 5.41) is 7.55. The molecule has 0 spiro atoms. The standard InChI is InChI=1S/C14H21N5OS/c1-3-4-10-12-13(18(2)17-10)19(14(21)16-12)8-7-11(20)15-9-5-6-9/h9H,3-8H2,1-2H3,(H,15,20)(H,16,21). The van der Waals surface area contributed by atoms with Gasteiger partial charge in [0.1, 0.15) is 5.52 Å². The van der Waals surface area contributed by atoms with Crippen molar-refractivity contribution in [2.24, 2.45) is 7.05 Å². The number of hydrogen-bond donors (Lipinski definition) is 2. The van der Waals surface area contributed by atoms with E-state index >= 15 is 0 Å². The largest absolute Gasteiger partial charge is 0.353 e. The number of aryl methyl sites for hydroxylation is 3. The minimum Gasteiger partial charge on any atom is -0.353 e. The van der Waals surface area contributed by atoms with Crippen LogP contribution in [0.4, 0.5) is 0 Å². The van der Waals surface area contributed by atoms with Crippen molar-refractivity contribution < 1.29 is 4.79 Å². The second-order valence-electron chi connectivity index (χ2n) is 5.69. The summed E-state index contributed by atoms with van der Waals surface area (Å²) >= 11 is 5.40. The minimum absolute atomic E-state index is 0.102. The summed E-state index contributed by atoms with van der Waals surface area (Å²) in [6.45, 7) is 2.72. The van der Waals surface area contributed by atoms with Crippen LogP contribution in [0.3, 0.4) is 0 Å². The number of hydrogen-bond acceptors (Lipinski definition) is 3. The van der Waals surface area contributed by atoms with Gasteiger partial charge in [-0.15, -0.1) is 0 Å². The Bertz CT molecular complexity index is 722. The maximum atomic E-state index is 11.8. The predicted molar refractivity (Wildman–Crippen MR) is 83.7 cm³/mol. The van der Waals surface area contributed by atoms with Gasteiger partial charge in [0.15, 0.2) is 10.4 Å². The van der Waals surface area contributed by atoms with E-state index in [0.29, 0.717) is 23.8 Å². The van der Waals surface area contributed by atoms with Gasteiger partial charge in [-0.2, -0.15) is 5.10 Å². The number of rotatable bonds is 6. The van der Waals surface area contributed by atoms with Crippen LogP contribution in [-0.4, -0.2) is 31.3 Å². The first-order chi connectivity index (χ1) is 10.1. The third-order valence-electron chi connectivity index (χ3n) is 3.81. The van der Waals surface area contributed by atoms with E-state index in [9.17, 15) is 4.79 Å². The number of carbonyl (C=O) groups is 1. The van der Waals surface area contributed by atoms with Gasteiger partial charge in [0.25, 0.3) is 0 Å². The van der Waals surface area contributed by atoms with E-state index in [1.54, 1.807) is 0 Å². The average Bonchev–Trinajstić information content (AvgIpc) is 3.11. The zero-order valence-corrected chi connectivity index (χ0v) is 13.3. The van der Waals surface area contributed by atoms with Crippen molar-refractivity contribution in [3.63, 3.8) is 0 Å². The number of nitrogens with zero attached hydrogens (tertiary/aromatic N) is 3. The molecule has 0 radical (unpaired) electrons. The fourth-order valence-corrected chi connectivity index (χ4v) is 2.92. The zero-order valence-electron chi connectivity index (χ0n) is 12.5. The van der Waals surface area contributed by atoms with Crippen molar-refractivity contribution in [3.8, 4) is 0 Å². The Morgan fingerprint density at radius 1 is 1.52 bits per heavy atom. The Labute approximate surface area is 128 Å². The van der Waals surface area contributed by atoms with Crippen LogP contribution in [0.15, 0.2) is 0 Å². The third-order valence-corrected chi connectivity index (χ3v) is 4.14. The molecule has 2 N–H and O–H groups in total. The van der Waals surface area contributed by atoms with Crippen LogP contribution >= 0.6 is 12.2 Å².